The third-order valence-corrected chi connectivity index (χ3v) is 2.96. The van der Waals surface area contributed by atoms with Crippen molar-refractivity contribution < 1.29 is 4.74 Å². The highest BCUT2D eigenvalue weighted by Gasteiger charge is 2.14. The fraction of sp³-hybridized carbons (Fsp3) is 0.667. The van der Waals surface area contributed by atoms with Gasteiger partial charge in [0.25, 0.3) is 0 Å². The van der Waals surface area contributed by atoms with E-state index in [4.69, 9.17) is 4.74 Å². The van der Waals surface area contributed by atoms with E-state index < -0.39 is 0 Å². The second kappa shape index (κ2) is 4.01. The minimum Gasteiger partial charge on any atom is -0.378 e. The second-order valence-corrected chi connectivity index (χ2v) is 4.10. The van der Waals surface area contributed by atoms with Crippen LogP contribution in [0.2, 0.25) is 0 Å². The number of rotatable bonds is 2. The first kappa shape index (κ1) is 8.20. The molecule has 2 nitrogen and oxygen atoms in total. The average Bonchev–Trinajstić information content (AvgIpc) is 2.59. The van der Waals surface area contributed by atoms with E-state index >= 15 is 0 Å². The summed E-state index contributed by atoms with van der Waals surface area (Å²) in [6, 6.07) is 0. The van der Waals surface area contributed by atoms with Crippen LogP contribution in [0.4, 0.5) is 0 Å². The zero-order valence-electron chi connectivity index (χ0n) is 7.03. The van der Waals surface area contributed by atoms with Crippen LogP contribution >= 0.6 is 11.3 Å². The van der Waals surface area contributed by atoms with Crippen molar-refractivity contribution in [2.75, 3.05) is 6.61 Å². The summed E-state index contributed by atoms with van der Waals surface area (Å²) in [7, 11) is 0. The van der Waals surface area contributed by atoms with E-state index in [2.05, 4.69) is 4.98 Å². The Balaban J connectivity index is 1.86. The normalized spacial score (nSPS) is 24.2. The molecule has 0 aliphatic carbocycles. The molecule has 1 saturated heterocycles. The van der Waals surface area contributed by atoms with E-state index in [1.54, 1.807) is 11.3 Å². The maximum Gasteiger partial charge on any atom is 0.0950 e. The molecule has 1 unspecified atom stereocenters. The molecule has 3 heteroatoms. The van der Waals surface area contributed by atoms with Gasteiger partial charge in [-0.15, -0.1) is 11.3 Å². The van der Waals surface area contributed by atoms with Gasteiger partial charge in [0.15, 0.2) is 0 Å². The van der Waals surface area contributed by atoms with Crippen LogP contribution in [0.3, 0.4) is 0 Å². The molecule has 0 bridgehead atoms. The zero-order valence-corrected chi connectivity index (χ0v) is 7.85. The predicted octanol–water partition coefficient (Wildman–Crippen LogP) is 2.25. The molecule has 0 amide bonds. The standard InChI is InChI=1S/C9H13NOS/c1-2-5-11-8(3-1)7-9-10-4-6-12-9/h4,6,8H,1-3,5,7H2. The summed E-state index contributed by atoms with van der Waals surface area (Å²) in [5, 5.41) is 3.24. The molecule has 0 radical (unpaired) electrons. The molecule has 0 N–H and O–H groups in total. The molecule has 1 aliphatic heterocycles. The van der Waals surface area contributed by atoms with Crippen molar-refractivity contribution in [2.45, 2.75) is 31.8 Å². The molecule has 2 rings (SSSR count). The van der Waals surface area contributed by atoms with Gasteiger partial charge in [-0.3, -0.25) is 0 Å². The molecule has 0 saturated carbocycles. The van der Waals surface area contributed by atoms with Crippen molar-refractivity contribution in [1.82, 2.24) is 4.98 Å². The number of thiazole rings is 1. The third kappa shape index (κ3) is 2.05. The Kier molecular flexibility index (Phi) is 2.74. The molecule has 2 heterocycles. The Labute approximate surface area is 76.6 Å². The van der Waals surface area contributed by atoms with Gasteiger partial charge in [-0.25, -0.2) is 4.98 Å². The van der Waals surface area contributed by atoms with E-state index in [9.17, 15) is 0 Å². The molecule has 0 aromatic carbocycles. The Hall–Kier alpha value is -0.410. The van der Waals surface area contributed by atoms with Gasteiger partial charge >= 0.3 is 0 Å². The summed E-state index contributed by atoms with van der Waals surface area (Å²) in [6.07, 6.45) is 7.06. The van der Waals surface area contributed by atoms with Gasteiger partial charge in [-0.2, -0.15) is 0 Å². The minimum atomic E-state index is 0.435. The largest absolute Gasteiger partial charge is 0.378 e. The van der Waals surface area contributed by atoms with E-state index in [-0.39, 0.29) is 0 Å². The lowest BCUT2D eigenvalue weighted by Crippen LogP contribution is -2.21. The van der Waals surface area contributed by atoms with Crippen molar-refractivity contribution in [3.05, 3.63) is 16.6 Å². The molecular weight excluding hydrogens is 170 g/mol. The van der Waals surface area contributed by atoms with Crippen LogP contribution in [0, 0.1) is 0 Å². The lowest BCUT2D eigenvalue weighted by molar-refractivity contribution is 0.0168. The van der Waals surface area contributed by atoms with Crippen molar-refractivity contribution >= 4 is 11.3 Å². The van der Waals surface area contributed by atoms with Crippen LogP contribution in [0.15, 0.2) is 11.6 Å². The summed E-state index contributed by atoms with van der Waals surface area (Å²) >= 11 is 1.73. The highest BCUT2D eigenvalue weighted by atomic mass is 32.1. The first-order valence-corrected chi connectivity index (χ1v) is 5.33. The van der Waals surface area contributed by atoms with Crippen LogP contribution < -0.4 is 0 Å². The van der Waals surface area contributed by atoms with E-state index in [1.807, 2.05) is 11.6 Å². The quantitative estimate of drug-likeness (QED) is 0.701. The molecule has 1 aromatic heterocycles. The van der Waals surface area contributed by atoms with E-state index in [0.29, 0.717) is 6.10 Å². The van der Waals surface area contributed by atoms with Crippen LogP contribution in [-0.2, 0) is 11.2 Å². The van der Waals surface area contributed by atoms with E-state index in [1.165, 1.54) is 24.3 Å². The lowest BCUT2D eigenvalue weighted by Gasteiger charge is -2.21. The molecule has 1 fully saturated rings. The van der Waals surface area contributed by atoms with Gasteiger partial charge < -0.3 is 4.74 Å². The van der Waals surface area contributed by atoms with Crippen LogP contribution in [0.1, 0.15) is 24.3 Å². The van der Waals surface area contributed by atoms with Gasteiger partial charge in [0.2, 0.25) is 0 Å². The highest BCUT2D eigenvalue weighted by molar-refractivity contribution is 7.09. The Bertz CT molecular complexity index is 216. The lowest BCUT2D eigenvalue weighted by atomic mass is 10.1. The smallest absolute Gasteiger partial charge is 0.0950 e. The van der Waals surface area contributed by atoms with Gasteiger partial charge in [-0.1, -0.05) is 0 Å². The minimum absolute atomic E-state index is 0.435. The fourth-order valence-corrected chi connectivity index (χ4v) is 2.20. The molecular formula is C9H13NOS. The summed E-state index contributed by atoms with van der Waals surface area (Å²) in [5.74, 6) is 0. The molecule has 1 aliphatic rings. The Morgan fingerprint density at radius 2 is 2.58 bits per heavy atom. The molecule has 0 spiro atoms. The topological polar surface area (TPSA) is 22.1 Å². The summed E-state index contributed by atoms with van der Waals surface area (Å²) in [5.41, 5.74) is 0. The summed E-state index contributed by atoms with van der Waals surface area (Å²) in [4.78, 5) is 4.25. The number of hydrogen-bond donors (Lipinski definition) is 0. The number of nitrogens with zero attached hydrogens (tertiary/aromatic N) is 1. The maximum absolute atomic E-state index is 5.62. The number of ether oxygens (including phenoxy) is 1. The van der Waals surface area contributed by atoms with Crippen molar-refractivity contribution in [3.8, 4) is 0 Å². The maximum atomic E-state index is 5.62. The van der Waals surface area contributed by atoms with Crippen LogP contribution in [0.5, 0.6) is 0 Å². The Morgan fingerprint density at radius 3 is 3.25 bits per heavy atom. The molecule has 1 atom stereocenters. The number of hydrogen-bond acceptors (Lipinski definition) is 3. The van der Waals surface area contributed by atoms with Gasteiger partial charge in [-0.05, 0) is 19.3 Å². The molecule has 1 aromatic rings. The van der Waals surface area contributed by atoms with Crippen LogP contribution in [0.25, 0.3) is 0 Å². The van der Waals surface area contributed by atoms with Gasteiger partial charge in [0.05, 0.1) is 11.1 Å². The van der Waals surface area contributed by atoms with Crippen LogP contribution in [-0.4, -0.2) is 17.7 Å². The second-order valence-electron chi connectivity index (χ2n) is 3.12. The molecule has 66 valence electrons. The Morgan fingerprint density at radius 1 is 1.58 bits per heavy atom. The van der Waals surface area contributed by atoms with Crippen molar-refractivity contribution in [1.29, 1.82) is 0 Å². The predicted molar refractivity (Wildman–Crippen MR) is 49.4 cm³/mol. The number of aromatic nitrogens is 1. The summed E-state index contributed by atoms with van der Waals surface area (Å²) < 4.78 is 5.62. The van der Waals surface area contributed by atoms with Gasteiger partial charge in [0.1, 0.15) is 0 Å². The first-order chi connectivity index (χ1) is 5.95. The van der Waals surface area contributed by atoms with E-state index in [0.717, 1.165) is 13.0 Å². The highest BCUT2D eigenvalue weighted by Crippen LogP contribution is 2.17. The van der Waals surface area contributed by atoms with Crippen molar-refractivity contribution in [3.63, 3.8) is 0 Å². The van der Waals surface area contributed by atoms with Gasteiger partial charge in [0, 0.05) is 24.6 Å². The first-order valence-electron chi connectivity index (χ1n) is 4.45. The monoisotopic (exact) mass is 183 g/mol. The summed E-state index contributed by atoms with van der Waals surface area (Å²) in [6.45, 7) is 0.941. The van der Waals surface area contributed by atoms with Crippen molar-refractivity contribution in [2.24, 2.45) is 0 Å². The third-order valence-electron chi connectivity index (χ3n) is 2.16. The fourth-order valence-electron chi connectivity index (χ4n) is 1.52. The molecule has 12 heavy (non-hydrogen) atoms. The SMILES string of the molecule is c1csc(CC2CCCCO2)n1. The zero-order chi connectivity index (χ0) is 8.23. The average molecular weight is 183 g/mol.